The second-order valence-corrected chi connectivity index (χ2v) is 9.04. The molecule has 4 rings (SSSR count). The van der Waals surface area contributed by atoms with E-state index in [-0.39, 0.29) is 18.3 Å². The third-order valence-electron chi connectivity index (χ3n) is 6.55. The molecule has 1 amide bonds. The van der Waals surface area contributed by atoms with Gasteiger partial charge in [0.05, 0.1) is 0 Å². The van der Waals surface area contributed by atoms with Gasteiger partial charge in [-0.2, -0.15) is 0 Å². The first-order chi connectivity index (χ1) is 12.9. The molecule has 0 spiro atoms. The molecule has 0 saturated heterocycles. The zero-order valence-corrected chi connectivity index (χ0v) is 17.7. The lowest BCUT2D eigenvalue weighted by Crippen LogP contribution is -2.42. The van der Waals surface area contributed by atoms with E-state index in [0.29, 0.717) is 11.0 Å². The van der Waals surface area contributed by atoms with Gasteiger partial charge in [0.2, 0.25) is 5.91 Å². The molecule has 1 aliphatic carbocycles. The summed E-state index contributed by atoms with van der Waals surface area (Å²) in [4.78, 5) is 14.2. The number of fused-ring (bicyclic) bond motifs is 1. The lowest BCUT2D eigenvalue weighted by molar-refractivity contribution is 0.0966. The Kier molecular flexibility index (Phi) is 6.16. The third kappa shape index (κ3) is 4.42. The van der Waals surface area contributed by atoms with Crippen molar-refractivity contribution in [3.05, 3.63) is 59.2 Å². The van der Waals surface area contributed by atoms with E-state index < -0.39 is 0 Å². The molecular weight excluding hydrogens is 368 g/mol. The zero-order valence-electron chi connectivity index (χ0n) is 16.9. The van der Waals surface area contributed by atoms with Crippen LogP contribution < -0.4 is 5.73 Å². The van der Waals surface area contributed by atoms with Crippen molar-refractivity contribution in [3.8, 4) is 11.1 Å². The molecule has 0 radical (unpaired) electrons. The largest absolute Gasteiger partial charge is 0.366 e. The number of rotatable bonds is 3. The highest BCUT2D eigenvalue weighted by atomic mass is 35.5. The number of hydrogen-bond acceptors (Lipinski definition) is 2. The predicted molar refractivity (Wildman–Crippen MR) is 118 cm³/mol. The van der Waals surface area contributed by atoms with Crippen molar-refractivity contribution in [3.63, 3.8) is 0 Å². The fourth-order valence-corrected chi connectivity index (χ4v) is 4.67. The van der Waals surface area contributed by atoms with Crippen LogP contribution in [0.3, 0.4) is 0 Å². The molecule has 1 aliphatic heterocycles. The summed E-state index contributed by atoms with van der Waals surface area (Å²) in [5.74, 6) is -0.374. The molecule has 1 saturated carbocycles. The highest BCUT2D eigenvalue weighted by Gasteiger charge is 2.31. The minimum absolute atomic E-state index is 0. The number of hydrogen-bond donors (Lipinski definition) is 1. The van der Waals surface area contributed by atoms with Gasteiger partial charge in [-0.05, 0) is 71.9 Å². The van der Waals surface area contributed by atoms with Crippen molar-refractivity contribution in [2.75, 3.05) is 6.54 Å². The summed E-state index contributed by atoms with van der Waals surface area (Å²) in [6.45, 7) is 7.04. The van der Waals surface area contributed by atoms with E-state index in [9.17, 15) is 4.79 Å². The minimum atomic E-state index is -0.374. The molecule has 0 atom stereocenters. The van der Waals surface area contributed by atoms with Crippen LogP contribution in [0.4, 0.5) is 0 Å². The van der Waals surface area contributed by atoms with Gasteiger partial charge in [-0.3, -0.25) is 9.69 Å². The number of primary amides is 1. The first-order valence-corrected chi connectivity index (χ1v) is 10.2. The van der Waals surface area contributed by atoms with E-state index in [0.717, 1.165) is 31.1 Å². The normalized spacial score (nSPS) is 19.5. The van der Waals surface area contributed by atoms with Crippen LogP contribution in [-0.2, 0) is 13.0 Å². The second kappa shape index (κ2) is 8.26. The SMILES string of the molecule is CC1(C)CCC(N2CCc3cc(-c4cccc(C(N)=O)c4)ccc3C2)CC1.Cl. The Morgan fingerprint density at radius 3 is 2.46 bits per heavy atom. The van der Waals surface area contributed by atoms with Crippen LogP contribution in [-0.4, -0.2) is 23.4 Å². The molecule has 28 heavy (non-hydrogen) atoms. The average molecular weight is 399 g/mol. The number of amides is 1. The second-order valence-electron chi connectivity index (χ2n) is 9.04. The molecule has 2 aliphatic rings. The van der Waals surface area contributed by atoms with E-state index in [1.807, 2.05) is 18.2 Å². The summed E-state index contributed by atoms with van der Waals surface area (Å²) >= 11 is 0. The smallest absolute Gasteiger partial charge is 0.248 e. The number of nitrogens with zero attached hydrogens (tertiary/aromatic N) is 1. The molecule has 3 nitrogen and oxygen atoms in total. The van der Waals surface area contributed by atoms with Gasteiger partial charge >= 0.3 is 0 Å². The molecule has 2 N–H and O–H groups in total. The first kappa shape index (κ1) is 20.9. The standard InChI is InChI=1S/C24H30N2O.ClH/c1-24(2)11-8-22(9-12-24)26-13-10-19-14-18(6-7-21(19)16-26)17-4-3-5-20(15-17)23(25)27;/h3-7,14-15,22H,8-13,16H2,1-2H3,(H2,25,27);1H. The van der Waals surface area contributed by atoms with Crippen molar-refractivity contribution >= 4 is 18.3 Å². The summed E-state index contributed by atoms with van der Waals surface area (Å²) in [5, 5.41) is 0. The van der Waals surface area contributed by atoms with Gasteiger partial charge in [-0.25, -0.2) is 0 Å². The molecule has 0 unspecified atom stereocenters. The van der Waals surface area contributed by atoms with Crippen molar-refractivity contribution in [1.82, 2.24) is 4.90 Å². The Morgan fingerprint density at radius 1 is 1.04 bits per heavy atom. The van der Waals surface area contributed by atoms with Crippen molar-refractivity contribution in [2.45, 2.75) is 58.5 Å². The summed E-state index contributed by atoms with van der Waals surface area (Å²) in [6.07, 6.45) is 6.46. The number of nitrogens with two attached hydrogens (primary N) is 1. The average Bonchev–Trinajstić information content (AvgIpc) is 2.67. The predicted octanol–water partition coefficient (Wildman–Crippen LogP) is 5.20. The first-order valence-electron chi connectivity index (χ1n) is 10.2. The van der Waals surface area contributed by atoms with E-state index in [4.69, 9.17) is 5.73 Å². The maximum absolute atomic E-state index is 11.5. The highest BCUT2D eigenvalue weighted by molar-refractivity contribution is 5.94. The van der Waals surface area contributed by atoms with Gasteiger partial charge in [0.25, 0.3) is 0 Å². The lowest BCUT2D eigenvalue weighted by Gasteiger charge is -2.42. The monoisotopic (exact) mass is 398 g/mol. The van der Waals surface area contributed by atoms with Crippen LogP contribution in [0, 0.1) is 5.41 Å². The lowest BCUT2D eigenvalue weighted by atomic mass is 9.75. The van der Waals surface area contributed by atoms with Crippen molar-refractivity contribution in [1.29, 1.82) is 0 Å². The molecule has 0 bridgehead atoms. The molecule has 150 valence electrons. The van der Waals surface area contributed by atoms with Gasteiger partial charge in [0.15, 0.2) is 0 Å². The number of carbonyl (C=O) groups excluding carboxylic acids is 1. The van der Waals surface area contributed by atoms with Crippen molar-refractivity contribution < 1.29 is 4.79 Å². The minimum Gasteiger partial charge on any atom is -0.366 e. The molecule has 2 aromatic carbocycles. The van der Waals surface area contributed by atoms with E-state index in [2.05, 4.69) is 36.9 Å². The van der Waals surface area contributed by atoms with Gasteiger partial charge < -0.3 is 5.73 Å². The summed E-state index contributed by atoms with van der Waals surface area (Å²) < 4.78 is 0. The van der Waals surface area contributed by atoms with Crippen LogP contribution in [0.5, 0.6) is 0 Å². The molecule has 1 fully saturated rings. The summed E-state index contributed by atoms with van der Waals surface area (Å²) in [5.41, 5.74) is 11.7. The quantitative estimate of drug-likeness (QED) is 0.772. The van der Waals surface area contributed by atoms with Crippen LogP contribution in [0.15, 0.2) is 42.5 Å². The van der Waals surface area contributed by atoms with Gasteiger partial charge in [0, 0.05) is 24.7 Å². The topological polar surface area (TPSA) is 46.3 Å². The number of benzene rings is 2. The van der Waals surface area contributed by atoms with Crippen LogP contribution in [0.2, 0.25) is 0 Å². The Bertz CT molecular complexity index is 851. The van der Waals surface area contributed by atoms with Gasteiger partial charge in [0.1, 0.15) is 0 Å². The van der Waals surface area contributed by atoms with Gasteiger partial charge in [-0.1, -0.05) is 44.2 Å². The molecule has 2 aromatic rings. The molecule has 4 heteroatoms. The van der Waals surface area contributed by atoms with E-state index >= 15 is 0 Å². The fraction of sp³-hybridized carbons (Fsp3) is 0.458. The van der Waals surface area contributed by atoms with Crippen LogP contribution in [0.1, 0.15) is 61.0 Å². The summed E-state index contributed by atoms with van der Waals surface area (Å²) in [6, 6.07) is 15.1. The van der Waals surface area contributed by atoms with E-state index in [1.165, 1.54) is 42.4 Å². The fourth-order valence-electron chi connectivity index (χ4n) is 4.67. The third-order valence-corrected chi connectivity index (χ3v) is 6.55. The zero-order chi connectivity index (χ0) is 19.0. The molecule has 0 aromatic heterocycles. The Labute approximate surface area is 174 Å². The molecular formula is C24H31ClN2O. The maximum atomic E-state index is 11.5. The summed E-state index contributed by atoms with van der Waals surface area (Å²) in [7, 11) is 0. The van der Waals surface area contributed by atoms with Gasteiger partial charge in [-0.15, -0.1) is 12.4 Å². The number of carbonyl (C=O) groups is 1. The Balaban J connectivity index is 0.00000225. The highest BCUT2D eigenvalue weighted by Crippen LogP contribution is 2.38. The molecule has 1 heterocycles. The van der Waals surface area contributed by atoms with Crippen LogP contribution in [0.25, 0.3) is 11.1 Å². The Morgan fingerprint density at radius 2 is 1.75 bits per heavy atom. The van der Waals surface area contributed by atoms with E-state index in [1.54, 1.807) is 6.07 Å². The Hall–Kier alpha value is -1.84. The van der Waals surface area contributed by atoms with Crippen molar-refractivity contribution in [2.24, 2.45) is 11.1 Å². The number of halogens is 1. The van der Waals surface area contributed by atoms with Crippen LogP contribution >= 0.6 is 12.4 Å². The maximum Gasteiger partial charge on any atom is 0.248 e.